The van der Waals surface area contributed by atoms with E-state index in [1.54, 1.807) is 0 Å². The van der Waals surface area contributed by atoms with Gasteiger partial charge in [0.1, 0.15) is 0 Å². The molecule has 1 amide bonds. The number of hydrogen-bond acceptors (Lipinski definition) is 2. The van der Waals surface area contributed by atoms with Crippen molar-refractivity contribution in [2.24, 2.45) is 17.3 Å². The van der Waals surface area contributed by atoms with Crippen LogP contribution < -0.4 is 5.32 Å². The van der Waals surface area contributed by atoms with E-state index in [0.717, 1.165) is 25.4 Å². The highest BCUT2D eigenvalue weighted by Gasteiger charge is 2.30. The van der Waals surface area contributed by atoms with Gasteiger partial charge in [-0.2, -0.15) is 0 Å². The van der Waals surface area contributed by atoms with Gasteiger partial charge in [-0.15, -0.1) is 0 Å². The summed E-state index contributed by atoms with van der Waals surface area (Å²) in [5, 5.41) is 3.25. The Morgan fingerprint density at radius 1 is 1.32 bits per heavy atom. The number of piperidine rings is 1. The van der Waals surface area contributed by atoms with Gasteiger partial charge < -0.3 is 10.2 Å². The summed E-state index contributed by atoms with van der Waals surface area (Å²) in [4.78, 5) is 14.7. The van der Waals surface area contributed by atoms with Gasteiger partial charge in [-0.1, -0.05) is 48.0 Å². The summed E-state index contributed by atoms with van der Waals surface area (Å²) in [7, 11) is 0. The average Bonchev–Trinajstić information content (AvgIpc) is 2.26. The van der Waals surface area contributed by atoms with E-state index in [1.165, 1.54) is 13.0 Å². The summed E-state index contributed by atoms with van der Waals surface area (Å²) >= 11 is 0. The molecule has 0 aromatic carbocycles. The van der Waals surface area contributed by atoms with E-state index in [-0.39, 0.29) is 11.3 Å². The van der Waals surface area contributed by atoms with Crippen molar-refractivity contribution in [3.63, 3.8) is 0 Å². The first-order chi connectivity index (χ1) is 8.72. The van der Waals surface area contributed by atoms with Crippen LogP contribution in [0.15, 0.2) is 0 Å². The van der Waals surface area contributed by atoms with E-state index in [2.05, 4.69) is 31.0 Å². The van der Waals surface area contributed by atoms with Crippen LogP contribution in [0.3, 0.4) is 0 Å². The van der Waals surface area contributed by atoms with Gasteiger partial charge in [0.15, 0.2) is 0 Å². The molecule has 19 heavy (non-hydrogen) atoms. The van der Waals surface area contributed by atoms with Crippen LogP contribution in [0.2, 0.25) is 0 Å². The topological polar surface area (TPSA) is 32.3 Å². The predicted octanol–water partition coefficient (Wildman–Crippen LogP) is 2.91. The standard InChI is InChI=1S/C16H32N2O/c1-7-13-8-14(17-15(19)16(4,5)6)11-18(10-13)9-12(2)3/h12-14H,7-11H2,1-6H3,(H,17,19). The third-order valence-corrected chi connectivity index (χ3v) is 3.83. The van der Waals surface area contributed by atoms with E-state index < -0.39 is 0 Å². The molecule has 2 atom stereocenters. The molecule has 0 spiro atoms. The van der Waals surface area contributed by atoms with Crippen molar-refractivity contribution in [2.45, 2.75) is 60.4 Å². The van der Waals surface area contributed by atoms with Crippen LogP contribution in [0.5, 0.6) is 0 Å². The molecule has 0 aromatic rings. The van der Waals surface area contributed by atoms with Gasteiger partial charge in [0.05, 0.1) is 0 Å². The normalized spacial score (nSPS) is 25.6. The number of nitrogens with one attached hydrogen (secondary N) is 1. The van der Waals surface area contributed by atoms with Crippen molar-refractivity contribution in [1.29, 1.82) is 0 Å². The summed E-state index contributed by atoms with van der Waals surface area (Å²) < 4.78 is 0. The predicted molar refractivity (Wildman–Crippen MR) is 81.1 cm³/mol. The lowest BCUT2D eigenvalue weighted by molar-refractivity contribution is -0.129. The Labute approximate surface area is 119 Å². The van der Waals surface area contributed by atoms with Crippen LogP contribution >= 0.6 is 0 Å². The fourth-order valence-electron chi connectivity index (χ4n) is 2.77. The highest BCUT2D eigenvalue weighted by molar-refractivity contribution is 5.81. The van der Waals surface area contributed by atoms with E-state index in [1.807, 2.05) is 20.8 Å². The number of carbonyl (C=O) groups is 1. The van der Waals surface area contributed by atoms with Gasteiger partial charge in [-0.3, -0.25) is 4.79 Å². The summed E-state index contributed by atoms with van der Waals surface area (Å²) in [6, 6.07) is 0.323. The Hall–Kier alpha value is -0.570. The van der Waals surface area contributed by atoms with Crippen LogP contribution in [0.4, 0.5) is 0 Å². The van der Waals surface area contributed by atoms with Crippen molar-refractivity contribution < 1.29 is 4.79 Å². The summed E-state index contributed by atoms with van der Waals surface area (Å²) in [6.07, 6.45) is 2.34. The molecule has 1 aliphatic heterocycles. The lowest BCUT2D eigenvalue weighted by atomic mass is 9.89. The number of nitrogens with zero attached hydrogens (tertiary/aromatic N) is 1. The van der Waals surface area contributed by atoms with Crippen LogP contribution in [0.1, 0.15) is 54.4 Å². The zero-order valence-electron chi connectivity index (χ0n) is 13.6. The largest absolute Gasteiger partial charge is 0.352 e. The number of carbonyl (C=O) groups excluding carboxylic acids is 1. The number of amides is 1. The molecule has 0 bridgehead atoms. The van der Waals surface area contributed by atoms with Crippen molar-refractivity contribution in [1.82, 2.24) is 10.2 Å². The van der Waals surface area contributed by atoms with Gasteiger partial charge in [0, 0.05) is 31.1 Å². The molecule has 112 valence electrons. The molecule has 3 nitrogen and oxygen atoms in total. The van der Waals surface area contributed by atoms with Crippen LogP contribution in [0, 0.1) is 17.3 Å². The van der Waals surface area contributed by atoms with E-state index in [0.29, 0.717) is 12.0 Å². The maximum absolute atomic E-state index is 12.1. The van der Waals surface area contributed by atoms with Gasteiger partial charge in [-0.05, 0) is 18.3 Å². The molecule has 0 radical (unpaired) electrons. The Bertz CT molecular complexity index is 294. The smallest absolute Gasteiger partial charge is 0.225 e. The lowest BCUT2D eigenvalue weighted by Gasteiger charge is -2.39. The summed E-state index contributed by atoms with van der Waals surface area (Å²) in [5.41, 5.74) is -0.290. The first-order valence-corrected chi connectivity index (χ1v) is 7.75. The second kappa shape index (κ2) is 6.74. The average molecular weight is 268 g/mol. The Morgan fingerprint density at radius 3 is 2.42 bits per heavy atom. The third kappa shape index (κ3) is 5.52. The molecule has 0 saturated carbocycles. The molecular formula is C16H32N2O. The number of likely N-dealkylation sites (tertiary alicyclic amines) is 1. The molecule has 1 saturated heterocycles. The molecule has 3 heteroatoms. The van der Waals surface area contributed by atoms with Crippen molar-refractivity contribution in [3.8, 4) is 0 Å². The van der Waals surface area contributed by atoms with E-state index >= 15 is 0 Å². The van der Waals surface area contributed by atoms with Crippen molar-refractivity contribution >= 4 is 5.91 Å². The monoisotopic (exact) mass is 268 g/mol. The Balaban J connectivity index is 2.59. The number of rotatable bonds is 4. The fraction of sp³-hybridized carbons (Fsp3) is 0.938. The Morgan fingerprint density at radius 2 is 1.95 bits per heavy atom. The van der Waals surface area contributed by atoms with Crippen LogP contribution in [0.25, 0.3) is 0 Å². The van der Waals surface area contributed by atoms with Gasteiger partial charge in [-0.25, -0.2) is 0 Å². The number of hydrogen-bond donors (Lipinski definition) is 1. The third-order valence-electron chi connectivity index (χ3n) is 3.83. The van der Waals surface area contributed by atoms with Gasteiger partial charge in [0.25, 0.3) is 0 Å². The first-order valence-electron chi connectivity index (χ1n) is 7.75. The second-order valence-electron chi connectivity index (χ2n) is 7.54. The molecule has 2 unspecified atom stereocenters. The van der Waals surface area contributed by atoms with Crippen LogP contribution in [-0.4, -0.2) is 36.5 Å². The molecule has 1 aliphatic rings. The summed E-state index contributed by atoms with van der Waals surface area (Å²) in [5.74, 6) is 1.59. The maximum atomic E-state index is 12.1. The van der Waals surface area contributed by atoms with Crippen molar-refractivity contribution in [3.05, 3.63) is 0 Å². The lowest BCUT2D eigenvalue weighted by Crippen LogP contribution is -2.53. The maximum Gasteiger partial charge on any atom is 0.225 e. The van der Waals surface area contributed by atoms with Gasteiger partial charge in [0.2, 0.25) is 5.91 Å². The highest BCUT2D eigenvalue weighted by atomic mass is 16.2. The molecule has 0 aliphatic carbocycles. The molecule has 1 fully saturated rings. The fourth-order valence-corrected chi connectivity index (χ4v) is 2.77. The zero-order chi connectivity index (χ0) is 14.6. The minimum absolute atomic E-state index is 0.179. The zero-order valence-corrected chi connectivity index (χ0v) is 13.6. The van der Waals surface area contributed by atoms with E-state index in [4.69, 9.17) is 0 Å². The quantitative estimate of drug-likeness (QED) is 0.850. The minimum atomic E-state index is -0.290. The Kier molecular flexibility index (Phi) is 5.84. The SMILES string of the molecule is CCC1CC(NC(=O)C(C)(C)C)CN(CC(C)C)C1. The van der Waals surface area contributed by atoms with Crippen LogP contribution in [-0.2, 0) is 4.79 Å². The molecule has 0 aromatic heterocycles. The second-order valence-corrected chi connectivity index (χ2v) is 7.54. The highest BCUT2D eigenvalue weighted by Crippen LogP contribution is 2.22. The molecular weight excluding hydrogens is 236 g/mol. The molecule has 1 heterocycles. The first kappa shape index (κ1) is 16.5. The van der Waals surface area contributed by atoms with E-state index in [9.17, 15) is 4.79 Å². The molecule has 1 rings (SSSR count). The summed E-state index contributed by atoms with van der Waals surface area (Å²) in [6.45, 7) is 16.1. The molecule has 1 N–H and O–H groups in total. The van der Waals surface area contributed by atoms with Gasteiger partial charge >= 0.3 is 0 Å². The minimum Gasteiger partial charge on any atom is -0.352 e. The van der Waals surface area contributed by atoms with Crippen molar-refractivity contribution in [2.75, 3.05) is 19.6 Å².